The highest BCUT2D eigenvalue weighted by Crippen LogP contribution is 2.29. The number of hydrogen-bond donors (Lipinski definition) is 0. The first-order valence-corrected chi connectivity index (χ1v) is 8.34. The lowest BCUT2D eigenvalue weighted by Crippen LogP contribution is -2.45. The zero-order valence-corrected chi connectivity index (χ0v) is 13.8. The molecule has 1 aliphatic heterocycles. The summed E-state index contributed by atoms with van der Waals surface area (Å²) < 4.78 is 7.70. The predicted octanol–water partition coefficient (Wildman–Crippen LogP) is 1.87. The zero-order chi connectivity index (χ0) is 15.7. The molecule has 1 amide bonds. The molecular weight excluding hydrogens is 280 g/mol. The molecular formula is C16H26N4O2. The Morgan fingerprint density at radius 1 is 1.36 bits per heavy atom. The van der Waals surface area contributed by atoms with Crippen LogP contribution in [0, 0.1) is 19.8 Å². The normalized spacial score (nSPS) is 23.6. The Balaban J connectivity index is 1.59. The van der Waals surface area contributed by atoms with Crippen LogP contribution in [0.2, 0.25) is 0 Å². The highest BCUT2D eigenvalue weighted by molar-refractivity contribution is 5.80. The quantitative estimate of drug-likeness (QED) is 0.833. The van der Waals surface area contributed by atoms with Crippen LogP contribution in [-0.2, 0) is 9.53 Å². The zero-order valence-electron chi connectivity index (χ0n) is 13.8. The van der Waals surface area contributed by atoms with Crippen molar-refractivity contribution in [3.05, 3.63) is 11.6 Å². The number of aryl methyl sites for hydroxylation is 2. The van der Waals surface area contributed by atoms with E-state index in [0.717, 1.165) is 37.6 Å². The molecule has 3 rings (SSSR count). The van der Waals surface area contributed by atoms with E-state index in [0.29, 0.717) is 12.5 Å². The van der Waals surface area contributed by atoms with E-state index < -0.39 is 0 Å². The van der Waals surface area contributed by atoms with Crippen molar-refractivity contribution in [1.29, 1.82) is 0 Å². The van der Waals surface area contributed by atoms with Crippen molar-refractivity contribution < 1.29 is 9.53 Å². The van der Waals surface area contributed by atoms with Gasteiger partial charge in [0.1, 0.15) is 17.8 Å². The molecule has 22 heavy (non-hydrogen) atoms. The molecule has 2 atom stereocenters. The van der Waals surface area contributed by atoms with E-state index >= 15 is 0 Å². The first kappa shape index (κ1) is 15.5. The van der Waals surface area contributed by atoms with Gasteiger partial charge in [0, 0.05) is 13.1 Å². The Morgan fingerprint density at radius 3 is 2.77 bits per heavy atom. The standard InChI is InChI=1S/C16H26N4O2/c1-11(22-10-14-6-7-14)16(21)19-8-4-5-15(9-19)20-13(3)17-12(2)18-20/h11,14-15H,4-10H2,1-3H3. The average Bonchev–Trinajstić information content (AvgIpc) is 3.28. The van der Waals surface area contributed by atoms with Crippen LogP contribution in [0.15, 0.2) is 0 Å². The summed E-state index contributed by atoms with van der Waals surface area (Å²) in [6.07, 6.45) is 4.21. The fraction of sp³-hybridized carbons (Fsp3) is 0.812. The summed E-state index contributed by atoms with van der Waals surface area (Å²) in [5.41, 5.74) is 0. The van der Waals surface area contributed by atoms with Crippen LogP contribution in [0.4, 0.5) is 0 Å². The van der Waals surface area contributed by atoms with Crippen molar-refractivity contribution >= 4 is 5.91 Å². The third-order valence-corrected chi connectivity index (χ3v) is 4.59. The monoisotopic (exact) mass is 306 g/mol. The van der Waals surface area contributed by atoms with Gasteiger partial charge < -0.3 is 9.64 Å². The molecule has 2 fully saturated rings. The molecule has 1 aliphatic carbocycles. The van der Waals surface area contributed by atoms with Gasteiger partial charge in [-0.05, 0) is 52.4 Å². The minimum absolute atomic E-state index is 0.111. The lowest BCUT2D eigenvalue weighted by atomic mass is 10.1. The summed E-state index contributed by atoms with van der Waals surface area (Å²) in [4.78, 5) is 18.9. The van der Waals surface area contributed by atoms with Crippen molar-refractivity contribution in [3.8, 4) is 0 Å². The first-order valence-electron chi connectivity index (χ1n) is 8.34. The lowest BCUT2D eigenvalue weighted by Gasteiger charge is -2.34. The van der Waals surface area contributed by atoms with Gasteiger partial charge in [0.25, 0.3) is 5.91 Å². The predicted molar refractivity (Wildman–Crippen MR) is 82.5 cm³/mol. The SMILES string of the molecule is Cc1nc(C)n(C2CCCN(C(=O)C(C)OCC3CC3)C2)n1. The van der Waals surface area contributed by atoms with Gasteiger partial charge in [0.05, 0.1) is 12.6 Å². The summed E-state index contributed by atoms with van der Waals surface area (Å²) in [5, 5.41) is 4.48. The van der Waals surface area contributed by atoms with Crippen LogP contribution in [-0.4, -0.2) is 51.4 Å². The van der Waals surface area contributed by atoms with E-state index in [-0.39, 0.29) is 18.1 Å². The molecule has 1 saturated carbocycles. The van der Waals surface area contributed by atoms with Crippen LogP contribution < -0.4 is 0 Å². The molecule has 0 bridgehead atoms. The minimum atomic E-state index is -0.335. The summed E-state index contributed by atoms with van der Waals surface area (Å²) in [6.45, 7) is 8.01. The van der Waals surface area contributed by atoms with Crippen LogP contribution in [0.25, 0.3) is 0 Å². The highest BCUT2D eigenvalue weighted by Gasteiger charge is 2.30. The second-order valence-electron chi connectivity index (χ2n) is 6.65. The van der Waals surface area contributed by atoms with Gasteiger partial charge in [-0.25, -0.2) is 9.67 Å². The number of piperidine rings is 1. The molecule has 2 aliphatic rings. The van der Waals surface area contributed by atoms with Crippen LogP contribution in [0.1, 0.15) is 50.3 Å². The number of carbonyl (C=O) groups excluding carboxylic acids is 1. The molecule has 0 radical (unpaired) electrons. The largest absolute Gasteiger partial charge is 0.368 e. The molecule has 0 aromatic carbocycles. The summed E-state index contributed by atoms with van der Waals surface area (Å²) in [6, 6.07) is 0.231. The van der Waals surface area contributed by atoms with Gasteiger partial charge in [0.2, 0.25) is 0 Å². The number of amides is 1. The summed E-state index contributed by atoms with van der Waals surface area (Å²) in [5.74, 6) is 2.52. The van der Waals surface area contributed by atoms with Gasteiger partial charge in [-0.2, -0.15) is 5.10 Å². The fourth-order valence-corrected chi connectivity index (χ4v) is 3.13. The molecule has 1 aromatic rings. The van der Waals surface area contributed by atoms with Gasteiger partial charge >= 0.3 is 0 Å². The number of carbonyl (C=O) groups is 1. The number of rotatable bonds is 5. The highest BCUT2D eigenvalue weighted by atomic mass is 16.5. The smallest absolute Gasteiger partial charge is 0.251 e. The number of aromatic nitrogens is 3. The minimum Gasteiger partial charge on any atom is -0.368 e. The van der Waals surface area contributed by atoms with Gasteiger partial charge in [-0.3, -0.25) is 4.79 Å². The molecule has 0 N–H and O–H groups in total. The maximum atomic E-state index is 12.6. The summed E-state index contributed by atoms with van der Waals surface area (Å²) in [7, 11) is 0. The molecule has 2 heterocycles. The Hall–Kier alpha value is -1.43. The molecule has 1 aromatic heterocycles. The molecule has 0 spiro atoms. The van der Waals surface area contributed by atoms with E-state index in [1.165, 1.54) is 12.8 Å². The topological polar surface area (TPSA) is 60.2 Å². The number of hydrogen-bond acceptors (Lipinski definition) is 4. The van der Waals surface area contributed by atoms with Crippen LogP contribution >= 0.6 is 0 Å². The number of likely N-dealkylation sites (tertiary alicyclic amines) is 1. The second kappa shape index (κ2) is 6.36. The maximum Gasteiger partial charge on any atom is 0.251 e. The Bertz CT molecular complexity index is 538. The van der Waals surface area contributed by atoms with Crippen molar-refractivity contribution in [3.63, 3.8) is 0 Å². The number of ether oxygens (including phenoxy) is 1. The van der Waals surface area contributed by atoms with Crippen molar-refractivity contribution in [1.82, 2.24) is 19.7 Å². The van der Waals surface area contributed by atoms with Crippen LogP contribution in [0.5, 0.6) is 0 Å². The molecule has 122 valence electrons. The fourth-order valence-electron chi connectivity index (χ4n) is 3.13. The third kappa shape index (κ3) is 3.48. The van der Waals surface area contributed by atoms with E-state index in [1.807, 2.05) is 30.4 Å². The molecule has 6 heteroatoms. The second-order valence-corrected chi connectivity index (χ2v) is 6.65. The number of nitrogens with zero attached hydrogens (tertiary/aromatic N) is 4. The van der Waals surface area contributed by atoms with Gasteiger partial charge in [-0.1, -0.05) is 0 Å². The van der Waals surface area contributed by atoms with E-state index in [2.05, 4.69) is 10.1 Å². The Labute approximate surface area is 131 Å². The lowest BCUT2D eigenvalue weighted by molar-refractivity contribution is -0.144. The average molecular weight is 306 g/mol. The van der Waals surface area contributed by atoms with Gasteiger partial charge in [0.15, 0.2) is 0 Å². The van der Waals surface area contributed by atoms with E-state index in [4.69, 9.17) is 4.74 Å². The van der Waals surface area contributed by atoms with Crippen molar-refractivity contribution in [2.45, 2.75) is 58.6 Å². The first-order chi connectivity index (χ1) is 10.5. The Morgan fingerprint density at radius 2 is 2.14 bits per heavy atom. The Kier molecular flexibility index (Phi) is 4.47. The van der Waals surface area contributed by atoms with Crippen molar-refractivity contribution in [2.75, 3.05) is 19.7 Å². The van der Waals surface area contributed by atoms with Crippen molar-refractivity contribution in [2.24, 2.45) is 5.92 Å². The third-order valence-electron chi connectivity index (χ3n) is 4.59. The van der Waals surface area contributed by atoms with Gasteiger partial charge in [-0.15, -0.1) is 0 Å². The molecule has 2 unspecified atom stereocenters. The molecule has 6 nitrogen and oxygen atoms in total. The summed E-state index contributed by atoms with van der Waals surface area (Å²) >= 11 is 0. The maximum absolute atomic E-state index is 12.6. The van der Waals surface area contributed by atoms with E-state index in [1.54, 1.807) is 0 Å². The molecule has 1 saturated heterocycles. The van der Waals surface area contributed by atoms with E-state index in [9.17, 15) is 4.79 Å². The van der Waals surface area contributed by atoms with Crippen LogP contribution in [0.3, 0.4) is 0 Å².